The Labute approximate surface area is 136 Å². The van der Waals surface area contributed by atoms with Crippen molar-refractivity contribution in [3.05, 3.63) is 53.3 Å². The minimum absolute atomic E-state index is 0.137. The van der Waals surface area contributed by atoms with Crippen molar-refractivity contribution in [1.29, 1.82) is 0 Å². The minimum Gasteiger partial charge on any atom is -0.493 e. The monoisotopic (exact) mass is 372 g/mol. The van der Waals surface area contributed by atoms with E-state index in [1.54, 1.807) is 13.0 Å². The first-order valence-corrected chi connectivity index (χ1v) is 7.70. The molecule has 1 aliphatic carbocycles. The van der Waals surface area contributed by atoms with E-state index in [2.05, 4.69) is 15.9 Å². The maximum Gasteiger partial charge on any atom is 0.219 e. The van der Waals surface area contributed by atoms with Gasteiger partial charge in [0.15, 0.2) is 6.29 Å². The van der Waals surface area contributed by atoms with Crippen LogP contribution in [0.4, 0.5) is 4.39 Å². The molecule has 1 aliphatic rings. The van der Waals surface area contributed by atoms with Crippen molar-refractivity contribution in [2.24, 2.45) is 0 Å². The van der Waals surface area contributed by atoms with E-state index in [0.29, 0.717) is 18.5 Å². The van der Waals surface area contributed by atoms with Crippen LogP contribution in [-0.4, -0.2) is 22.3 Å². The van der Waals surface area contributed by atoms with Crippen molar-refractivity contribution < 1.29 is 13.9 Å². The van der Waals surface area contributed by atoms with Gasteiger partial charge in [0.25, 0.3) is 0 Å². The molecule has 0 radical (unpaired) electrons. The normalized spacial score (nSPS) is 29.1. The van der Waals surface area contributed by atoms with Crippen LogP contribution >= 0.6 is 27.5 Å². The number of carbonyl (C=O) groups excluding carboxylic acids is 1. The van der Waals surface area contributed by atoms with Crippen molar-refractivity contribution in [2.75, 3.05) is 6.61 Å². The fourth-order valence-electron chi connectivity index (χ4n) is 2.30. The maximum absolute atomic E-state index is 15.2. The van der Waals surface area contributed by atoms with Gasteiger partial charge in [-0.3, -0.25) is 4.79 Å². The number of rotatable bonds is 4. The zero-order valence-electron chi connectivity index (χ0n) is 11.7. The highest BCUT2D eigenvalue weighted by Crippen LogP contribution is 2.54. The molecule has 0 bridgehead atoms. The molecule has 0 heterocycles. The second kappa shape index (κ2) is 5.93. The molecule has 0 saturated carbocycles. The third-order valence-corrected chi connectivity index (χ3v) is 5.39. The second-order valence-electron chi connectivity index (χ2n) is 4.83. The summed E-state index contributed by atoms with van der Waals surface area (Å²) >= 11 is 9.44. The van der Waals surface area contributed by atoms with E-state index < -0.39 is 9.45 Å². The SMILES string of the molecule is CCOC1=C(C=O)C(F)(Br)C(C)(Cl)C(c2ccccc2)=C1. The number of carbonyl (C=O) groups is 1. The molecule has 0 aromatic heterocycles. The molecule has 0 spiro atoms. The molecular weight excluding hydrogens is 359 g/mol. The third kappa shape index (κ3) is 2.67. The fraction of sp³-hybridized carbons (Fsp3) is 0.312. The van der Waals surface area contributed by atoms with Gasteiger partial charge in [-0.15, -0.1) is 11.6 Å². The molecule has 0 saturated heterocycles. The lowest BCUT2D eigenvalue weighted by Gasteiger charge is -2.39. The number of ether oxygens (including phenoxy) is 1. The summed E-state index contributed by atoms with van der Waals surface area (Å²) in [7, 11) is 0. The van der Waals surface area contributed by atoms with Gasteiger partial charge in [0.2, 0.25) is 4.58 Å². The van der Waals surface area contributed by atoms with Gasteiger partial charge < -0.3 is 4.74 Å². The lowest BCUT2D eigenvalue weighted by Crippen LogP contribution is -2.45. The quantitative estimate of drug-likeness (QED) is 0.568. The summed E-state index contributed by atoms with van der Waals surface area (Å²) in [5.41, 5.74) is 1.19. The summed E-state index contributed by atoms with van der Waals surface area (Å²) in [5.74, 6) is 0.198. The zero-order valence-corrected chi connectivity index (χ0v) is 14.0. The largest absolute Gasteiger partial charge is 0.493 e. The van der Waals surface area contributed by atoms with Crippen LogP contribution in [0.1, 0.15) is 19.4 Å². The molecule has 0 fully saturated rings. The van der Waals surface area contributed by atoms with E-state index in [4.69, 9.17) is 16.3 Å². The van der Waals surface area contributed by atoms with Crippen molar-refractivity contribution in [3.8, 4) is 0 Å². The third-order valence-electron chi connectivity index (χ3n) is 3.48. The average Bonchev–Trinajstić information content (AvgIpc) is 2.44. The Bertz CT molecular complexity index is 606. The number of allylic oxidation sites excluding steroid dienone is 3. The van der Waals surface area contributed by atoms with Crippen molar-refractivity contribution in [2.45, 2.75) is 23.3 Å². The molecule has 112 valence electrons. The highest BCUT2D eigenvalue weighted by Gasteiger charge is 2.55. The molecule has 5 heteroatoms. The number of hydrogen-bond acceptors (Lipinski definition) is 2. The minimum atomic E-state index is -2.21. The number of halogens is 3. The molecule has 1 aromatic rings. The highest BCUT2D eigenvalue weighted by molar-refractivity contribution is 9.10. The molecule has 0 aliphatic heterocycles. The number of aldehydes is 1. The predicted molar refractivity (Wildman–Crippen MR) is 86.2 cm³/mol. The number of alkyl halides is 3. The Hall–Kier alpha value is -1.13. The summed E-state index contributed by atoms with van der Waals surface area (Å²) in [6, 6.07) is 9.23. The Morgan fingerprint density at radius 2 is 2.00 bits per heavy atom. The van der Waals surface area contributed by atoms with Crippen LogP contribution < -0.4 is 0 Å². The van der Waals surface area contributed by atoms with Crippen molar-refractivity contribution in [1.82, 2.24) is 0 Å². The van der Waals surface area contributed by atoms with Crippen LogP contribution in [0.15, 0.2) is 47.7 Å². The van der Waals surface area contributed by atoms with Gasteiger partial charge in [-0.05, 0) is 47.0 Å². The van der Waals surface area contributed by atoms with Gasteiger partial charge in [-0.1, -0.05) is 30.3 Å². The summed E-state index contributed by atoms with van der Waals surface area (Å²) in [6.45, 7) is 3.63. The standard InChI is InChI=1S/C16H15BrClFO2/c1-3-21-14-9-12(11-7-5-4-6-8-11)15(2,18)16(17,19)13(14)10-20/h4-10H,3H2,1-2H3. The molecule has 2 rings (SSSR count). The lowest BCUT2D eigenvalue weighted by molar-refractivity contribution is -0.105. The summed E-state index contributed by atoms with van der Waals surface area (Å²) in [4.78, 5) is 9.86. The second-order valence-corrected chi connectivity index (χ2v) is 6.68. The maximum atomic E-state index is 15.2. The molecule has 21 heavy (non-hydrogen) atoms. The smallest absolute Gasteiger partial charge is 0.219 e. The van der Waals surface area contributed by atoms with Crippen LogP contribution in [-0.2, 0) is 9.53 Å². The molecule has 0 N–H and O–H groups in total. The Balaban J connectivity index is 2.68. The van der Waals surface area contributed by atoms with Gasteiger partial charge in [0.1, 0.15) is 10.6 Å². The lowest BCUT2D eigenvalue weighted by atomic mass is 9.81. The predicted octanol–water partition coefficient (Wildman–Crippen LogP) is 4.63. The van der Waals surface area contributed by atoms with E-state index in [9.17, 15) is 4.79 Å². The highest BCUT2D eigenvalue weighted by atomic mass is 79.9. The molecule has 2 nitrogen and oxygen atoms in total. The van der Waals surface area contributed by atoms with Crippen LogP contribution in [0.3, 0.4) is 0 Å². The Kier molecular flexibility index (Phi) is 4.59. The first-order chi connectivity index (χ1) is 9.86. The van der Waals surface area contributed by atoms with Crippen LogP contribution in [0.25, 0.3) is 5.57 Å². The summed E-state index contributed by atoms with van der Waals surface area (Å²) < 4.78 is 18.4. The summed E-state index contributed by atoms with van der Waals surface area (Å²) in [5, 5.41) is 0. The van der Waals surface area contributed by atoms with E-state index >= 15 is 4.39 Å². The van der Waals surface area contributed by atoms with Crippen LogP contribution in [0, 0.1) is 0 Å². The molecule has 1 aromatic carbocycles. The number of benzene rings is 1. The fourth-order valence-corrected chi connectivity index (χ4v) is 3.07. The van der Waals surface area contributed by atoms with Gasteiger partial charge in [0, 0.05) is 0 Å². The van der Waals surface area contributed by atoms with Crippen molar-refractivity contribution >= 4 is 39.4 Å². The van der Waals surface area contributed by atoms with E-state index in [1.165, 1.54) is 6.92 Å². The van der Waals surface area contributed by atoms with E-state index in [0.717, 1.165) is 5.56 Å². The summed E-state index contributed by atoms with van der Waals surface area (Å²) in [6.07, 6.45) is 2.08. The Morgan fingerprint density at radius 1 is 1.38 bits per heavy atom. The molecule has 2 atom stereocenters. The first kappa shape index (κ1) is 16.2. The molecule has 2 unspecified atom stereocenters. The molecule has 0 amide bonds. The van der Waals surface area contributed by atoms with Gasteiger partial charge >= 0.3 is 0 Å². The Morgan fingerprint density at radius 3 is 2.52 bits per heavy atom. The molecular formula is C16H15BrClFO2. The van der Waals surface area contributed by atoms with E-state index in [1.807, 2.05) is 30.3 Å². The van der Waals surface area contributed by atoms with Crippen LogP contribution in [0.2, 0.25) is 0 Å². The van der Waals surface area contributed by atoms with E-state index in [-0.39, 0.29) is 11.3 Å². The van der Waals surface area contributed by atoms with Crippen molar-refractivity contribution in [3.63, 3.8) is 0 Å². The zero-order chi connectivity index (χ0) is 15.7. The topological polar surface area (TPSA) is 26.3 Å². The number of hydrogen-bond donors (Lipinski definition) is 0. The van der Waals surface area contributed by atoms with Crippen LogP contribution in [0.5, 0.6) is 0 Å². The average molecular weight is 374 g/mol. The first-order valence-electron chi connectivity index (χ1n) is 6.53. The van der Waals surface area contributed by atoms with Gasteiger partial charge in [-0.2, -0.15) is 0 Å². The van der Waals surface area contributed by atoms with Gasteiger partial charge in [0.05, 0.1) is 12.2 Å². The van der Waals surface area contributed by atoms with Gasteiger partial charge in [-0.25, -0.2) is 4.39 Å².